The molecule has 0 spiro atoms. The Labute approximate surface area is 239 Å². The van der Waals surface area contributed by atoms with E-state index in [1.807, 2.05) is 12.1 Å². The molecule has 0 heterocycles. The van der Waals surface area contributed by atoms with Crippen molar-refractivity contribution in [2.45, 2.75) is 137 Å². The number of phenolic OH excluding ortho intramolecular Hbond substituents is 1. The molecule has 0 aliphatic carbocycles. The zero-order valence-corrected chi connectivity index (χ0v) is 26.5. The molecule has 39 heavy (non-hydrogen) atoms. The average Bonchev–Trinajstić information content (AvgIpc) is 2.81. The maximum Gasteiger partial charge on any atom is 0.224 e. The third-order valence-corrected chi connectivity index (χ3v) is 7.25. The van der Waals surface area contributed by atoms with Crippen molar-refractivity contribution in [2.24, 2.45) is 0 Å². The zero-order valence-electron chi connectivity index (χ0n) is 26.5. The second kappa shape index (κ2) is 13.7. The van der Waals surface area contributed by atoms with Gasteiger partial charge in [0.1, 0.15) is 11.5 Å². The van der Waals surface area contributed by atoms with Crippen LogP contribution in [0.2, 0.25) is 0 Å². The van der Waals surface area contributed by atoms with E-state index in [0.717, 1.165) is 46.7 Å². The summed E-state index contributed by atoms with van der Waals surface area (Å²) in [7, 11) is 0. The highest BCUT2D eigenvalue weighted by Crippen LogP contribution is 2.40. The van der Waals surface area contributed by atoms with E-state index in [2.05, 4.69) is 92.8 Å². The molecule has 2 aromatic carbocycles. The highest BCUT2D eigenvalue weighted by atomic mass is 16.5. The Morgan fingerprint density at radius 2 is 1.31 bits per heavy atom. The minimum absolute atomic E-state index is 0.0155. The number of carbonyl (C=O) groups excluding carboxylic acids is 1. The summed E-state index contributed by atoms with van der Waals surface area (Å²) in [6.45, 7) is 22.2. The maximum atomic E-state index is 13.0. The van der Waals surface area contributed by atoms with Crippen LogP contribution in [0.1, 0.15) is 136 Å². The molecule has 2 rings (SSSR count). The number of hydrogen-bond acceptors (Lipinski definition) is 3. The summed E-state index contributed by atoms with van der Waals surface area (Å²) in [5, 5.41) is 14.1. The molecular weight excluding hydrogens is 482 g/mol. The lowest BCUT2D eigenvalue weighted by molar-refractivity contribution is -0.116. The van der Waals surface area contributed by atoms with Crippen LogP contribution in [0.3, 0.4) is 0 Å². The van der Waals surface area contributed by atoms with Gasteiger partial charge in [0, 0.05) is 17.7 Å². The lowest BCUT2D eigenvalue weighted by Gasteiger charge is -2.28. The largest absolute Gasteiger partial charge is 0.507 e. The first kappa shape index (κ1) is 32.7. The molecule has 0 atom stereocenters. The summed E-state index contributed by atoms with van der Waals surface area (Å²) in [5.74, 6) is 1.26. The number of phenols is 1. The third-order valence-electron chi connectivity index (χ3n) is 7.25. The number of rotatable bonds is 12. The number of unbranched alkanes of at least 4 members (excludes halogenated alkanes) is 5. The van der Waals surface area contributed by atoms with Crippen LogP contribution in [0.15, 0.2) is 30.3 Å². The Kier molecular flexibility index (Phi) is 11.5. The van der Waals surface area contributed by atoms with E-state index in [0.29, 0.717) is 18.6 Å². The molecular formula is C35H55NO3. The van der Waals surface area contributed by atoms with Crippen LogP contribution in [-0.4, -0.2) is 17.6 Å². The Balaban J connectivity index is 2.09. The summed E-state index contributed by atoms with van der Waals surface area (Å²) >= 11 is 0. The van der Waals surface area contributed by atoms with Crippen molar-refractivity contribution in [1.82, 2.24) is 0 Å². The number of aromatic hydroxyl groups is 1. The average molecular weight is 538 g/mol. The molecule has 0 unspecified atom stereocenters. The Morgan fingerprint density at radius 3 is 1.85 bits per heavy atom. The molecule has 0 aliphatic heterocycles. The van der Waals surface area contributed by atoms with E-state index in [1.54, 1.807) is 0 Å². The number of nitrogens with one attached hydrogen (secondary N) is 1. The van der Waals surface area contributed by atoms with E-state index in [1.165, 1.54) is 32.1 Å². The van der Waals surface area contributed by atoms with Gasteiger partial charge >= 0.3 is 0 Å². The van der Waals surface area contributed by atoms with Crippen molar-refractivity contribution < 1.29 is 14.6 Å². The molecule has 218 valence electrons. The first-order valence-electron chi connectivity index (χ1n) is 15.0. The zero-order chi connectivity index (χ0) is 29.4. The molecule has 0 saturated heterocycles. The van der Waals surface area contributed by atoms with Crippen LogP contribution in [0.25, 0.3) is 0 Å². The molecule has 0 saturated carbocycles. The van der Waals surface area contributed by atoms with Crippen molar-refractivity contribution in [3.63, 3.8) is 0 Å². The number of amides is 1. The molecule has 0 aromatic heterocycles. The van der Waals surface area contributed by atoms with Gasteiger partial charge < -0.3 is 15.2 Å². The molecule has 0 fully saturated rings. The van der Waals surface area contributed by atoms with E-state index in [-0.39, 0.29) is 22.2 Å². The topological polar surface area (TPSA) is 58.6 Å². The number of ether oxygens (including phenoxy) is 1. The van der Waals surface area contributed by atoms with E-state index in [9.17, 15) is 9.90 Å². The third kappa shape index (κ3) is 10.2. The van der Waals surface area contributed by atoms with Crippen LogP contribution in [0.5, 0.6) is 11.5 Å². The molecule has 4 heteroatoms. The minimum atomic E-state index is -0.190. The predicted octanol–water partition coefficient (Wildman–Crippen LogP) is 9.60. The van der Waals surface area contributed by atoms with Crippen LogP contribution in [0, 0.1) is 0 Å². The standard InChI is InChI=1S/C35H55NO3/c1-11-12-13-14-15-16-21-39-30-19-18-26(24-27(30)33(2,3)4)36-31(37)20-17-25-22-28(34(5,6)7)32(38)29(23-25)35(8,9)10/h18-19,22-24,38H,11-17,20-21H2,1-10H3,(H,36,37). The second-order valence-corrected chi connectivity index (χ2v) is 14.2. The SMILES string of the molecule is CCCCCCCCOc1ccc(NC(=O)CCc2cc(C(C)(C)C)c(O)c(C(C)(C)C)c2)cc1C(C)(C)C. The predicted molar refractivity (Wildman–Crippen MR) is 166 cm³/mol. The van der Waals surface area contributed by atoms with Crippen LogP contribution in [-0.2, 0) is 27.5 Å². The first-order chi connectivity index (χ1) is 18.0. The van der Waals surface area contributed by atoms with Crippen molar-refractivity contribution in [1.29, 1.82) is 0 Å². The summed E-state index contributed by atoms with van der Waals surface area (Å²) in [5.41, 5.74) is 4.35. The van der Waals surface area contributed by atoms with Gasteiger partial charge in [0.25, 0.3) is 0 Å². The fourth-order valence-electron chi connectivity index (χ4n) is 4.85. The van der Waals surface area contributed by atoms with Crippen LogP contribution < -0.4 is 10.1 Å². The number of aryl methyl sites for hydroxylation is 1. The number of hydrogen-bond donors (Lipinski definition) is 2. The molecule has 0 bridgehead atoms. The van der Waals surface area contributed by atoms with Gasteiger partial charge in [-0.25, -0.2) is 0 Å². The van der Waals surface area contributed by atoms with Gasteiger partial charge in [-0.3, -0.25) is 4.79 Å². The number of anilines is 1. The van der Waals surface area contributed by atoms with Crippen LogP contribution >= 0.6 is 0 Å². The smallest absolute Gasteiger partial charge is 0.224 e. The quantitative estimate of drug-likeness (QED) is 0.265. The van der Waals surface area contributed by atoms with Gasteiger partial charge in [0.15, 0.2) is 0 Å². The molecule has 4 nitrogen and oxygen atoms in total. The number of carbonyl (C=O) groups is 1. The summed E-state index contributed by atoms with van der Waals surface area (Å²) in [4.78, 5) is 13.0. The van der Waals surface area contributed by atoms with Crippen molar-refractivity contribution >= 4 is 11.6 Å². The lowest BCUT2D eigenvalue weighted by Crippen LogP contribution is -2.19. The monoisotopic (exact) mass is 537 g/mol. The highest BCUT2D eigenvalue weighted by Gasteiger charge is 2.26. The van der Waals surface area contributed by atoms with E-state index >= 15 is 0 Å². The van der Waals surface area contributed by atoms with Crippen molar-refractivity contribution in [3.05, 3.63) is 52.6 Å². The van der Waals surface area contributed by atoms with Gasteiger partial charge in [-0.1, -0.05) is 113 Å². The fraction of sp³-hybridized carbons (Fsp3) is 0.629. The second-order valence-electron chi connectivity index (χ2n) is 14.2. The summed E-state index contributed by atoms with van der Waals surface area (Å²) in [6.07, 6.45) is 8.41. The van der Waals surface area contributed by atoms with Crippen molar-refractivity contribution in [2.75, 3.05) is 11.9 Å². The summed E-state index contributed by atoms with van der Waals surface area (Å²) in [6, 6.07) is 10.1. The van der Waals surface area contributed by atoms with E-state index in [4.69, 9.17) is 4.74 Å². The number of benzene rings is 2. The highest BCUT2D eigenvalue weighted by molar-refractivity contribution is 5.91. The van der Waals surface area contributed by atoms with Gasteiger partial charge in [-0.05, 0) is 64.0 Å². The fourth-order valence-corrected chi connectivity index (χ4v) is 4.85. The van der Waals surface area contributed by atoms with Crippen molar-refractivity contribution in [3.8, 4) is 11.5 Å². The first-order valence-corrected chi connectivity index (χ1v) is 15.0. The van der Waals surface area contributed by atoms with Gasteiger partial charge in [0.05, 0.1) is 6.61 Å². The minimum Gasteiger partial charge on any atom is -0.507 e. The normalized spacial score (nSPS) is 12.5. The molecule has 0 aliphatic rings. The summed E-state index contributed by atoms with van der Waals surface area (Å²) < 4.78 is 6.19. The Hall–Kier alpha value is -2.49. The van der Waals surface area contributed by atoms with Crippen LogP contribution in [0.4, 0.5) is 5.69 Å². The molecule has 1 amide bonds. The molecule has 2 N–H and O–H groups in total. The van der Waals surface area contributed by atoms with Gasteiger partial charge in [-0.2, -0.15) is 0 Å². The molecule has 2 aromatic rings. The van der Waals surface area contributed by atoms with E-state index < -0.39 is 0 Å². The lowest BCUT2D eigenvalue weighted by atomic mass is 9.78. The maximum absolute atomic E-state index is 13.0. The Bertz CT molecular complexity index is 1050. The van der Waals surface area contributed by atoms with Gasteiger partial charge in [-0.15, -0.1) is 0 Å². The van der Waals surface area contributed by atoms with Gasteiger partial charge in [0.2, 0.25) is 5.91 Å². The molecule has 0 radical (unpaired) electrons. The Morgan fingerprint density at radius 1 is 0.769 bits per heavy atom.